The lowest BCUT2D eigenvalue weighted by atomic mass is 9.93. The molecular weight excluding hydrogens is 346 g/mol. The molecule has 9 heteroatoms. The molecule has 1 N–H and O–H groups in total. The van der Waals surface area contributed by atoms with Gasteiger partial charge in [-0.15, -0.1) is 0 Å². The lowest BCUT2D eigenvalue weighted by Crippen LogP contribution is -2.35. The Hall–Kier alpha value is -1.09. The number of aliphatic hydroxyl groups is 1. The molecule has 0 saturated heterocycles. The van der Waals surface area contributed by atoms with Gasteiger partial charge in [0, 0.05) is 35.3 Å². The fraction of sp³-hybridized carbons (Fsp3) is 0.571. The van der Waals surface area contributed by atoms with E-state index in [1.54, 1.807) is 0 Å². The van der Waals surface area contributed by atoms with Gasteiger partial charge in [-0.05, 0) is 23.9 Å². The molecule has 0 heterocycles. The number of thioether (sulfide) groups is 1. The first-order valence-corrected chi connectivity index (χ1v) is 7.66. The summed E-state index contributed by atoms with van der Waals surface area (Å²) in [5, 5.41) is 9.71. The van der Waals surface area contributed by atoms with Crippen molar-refractivity contribution in [2.24, 2.45) is 0 Å². The molecule has 0 radical (unpaired) electrons. The fourth-order valence-corrected chi connectivity index (χ4v) is 3.48. The number of aliphatic hydroxyl groups excluding tert-OH is 1. The van der Waals surface area contributed by atoms with Crippen molar-refractivity contribution in [3.63, 3.8) is 0 Å². The van der Waals surface area contributed by atoms with Gasteiger partial charge in [-0.1, -0.05) is 0 Å². The van der Waals surface area contributed by atoms with Crippen LogP contribution in [0.3, 0.4) is 0 Å². The van der Waals surface area contributed by atoms with Crippen LogP contribution in [0.5, 0.6) is 5.75 Å². The van der Waals surface area contributed by atoms with E-state index >= 15 is 0 Å². The van der Waals surface area contributed by atoms with E-state index in [4.69, 9.17) is 4.74 Å². The molecule has 0 spiro atoms. The van der Waals surface area contributed by atoms with Crippen molar-refractivity contribution in [3.05, 3.63) is 23.3 Å². The Labute approximate surface area is 131 Å². The van der Waals surface area contributed by atoms with Crippen LogP contribution in [0.2, 0.25) is 0 Å². The lowest BCUT2D eigenvalue weighted by molar-refractivity contribution is -0.0978. The molecule has 23 heavy (non-hydrogen) atoms. The number of rotatable bonds is 3. The Balaban J connectivity index is 1.95. The Morgan fingerprint density at radius 1 is 1.22 bits per heavy atom. The van der Waals surface area contributed by atoms with Crippen LogP contribution in [0, 0.1) is 0 Å². The van der Waals surface area contributed by atoms with Crippen molar-refractivity contribution < 1.29 is 36.2 Å². The van der Waals surface area contributed by atoms with Gasteiger partial charge < -0.3 is 9.84 Å². The van der Waals surface area contributed by atoms with Crippen molar-refractivity contribution in [2.45, 2.75) is 54.0 Å². The van der Waals surface area contributed by atoms with Crippen molar-refractivity contribution in [2.75, 3.05) is 0 Å². The Morgan fingerprint density at radius 2 is 1.87 bits per heavy atom. The molecule has 0 aromatic heterocycles. The van der Waals surface area contributed by atoms with Gasteiger partial charge in [-0.2, -0.15) is 13.2 Å². The van der Waals surface area contributed by atoms with Crippen LogP contribution < -0.4 is 4.74 Å². The van der Waals surface area contributed by atoms with E-state index < -0.39 is 58.5 Å². The van der Waals surface area contributed by atoms with Crippen LogP contribution in [0.15, 0.2) is 17.0 Å². The summed E-state index contributed by atoms with van der Waals surface area (Å²) in [6.45, 7) is 0. The summed E-state index contributed by atoms with van der Waals surface area (Å²) in [5.41, 5.74) is -5.26. The van der Waals surface area contributed by atoms with Gasteiger partial charge in [0.15, 0.2) is 0 Å². The van der Waals surface area contributed by atoms with Crippen LogP contribution in [-0.2, 0) is 6.42 Å². The molecule has 128 valence electrons. The molecule has 1 aromatic carbocycles. The maximum Gasteiger partial charge on any atom is 0.446 e. The summed E-state index contributed by atoms with van der Waals surface area (Å²) in [6, 6.07) is 2.18. The summed E-state index contributed by atoms with van der Waals surface area (Å²) < 4.78 is 83.5. The minimum Gasteiger partial charge on any atom is -0.490 e. The highest BCUT2D eigenvalue weighted by molar-refractivity contribution is 8.00. The molecule has 0 amide bonds. The summed E-state index contributed by atoms with van der Waals surface area (Å²) in [5.74, 6) is -3.58. The first-order chi connectivity index (χ1) is 10.6. The van der Waals surface area contributed by atoms with Gasteiger partial charge >= 0.3 is 5.51 Å². The summed E-state index contributed by atoms with van der Waals surface area (Å²) in [6.07, 6.45) is -4.49. The van der Waals surface area contributed by atoms with E-state index in [-0.39, 0.29) is 24.2 Å². The predicted molar refractivity (Wildman–Crippen MR) is 70.5 cm³/mol. The standard InChI is InChI=1S/C14H12F6O2S/c15-6-3-7(4-6)22-9-1-2-10(23-14(18,19)20)11-8(9)5-13(16,17)12(11)21/h1-2,6-7,12,21H,3-5H2/t6?,7?,12-/m0/s1. The van der Waals surface area contributed by atoms with Crippen LogP contribution in [-0.4, -0.2) is 28.8 Å². The first kappa shape index (κ1) is 16.8. The minimum atomic E-state index is -4.66. The third-order valence-electron chi connectivity index (χ3n) is 3.92. The van der Waals surface area contributed by atoms with Crippen LogP contribution in [0.4, 0.5) is 26.3 Å². The number of benzene rings is 1. The fourth-order valence-electron chi connectivity index (χ4n) is 2.75. The van der Waals surface area contributed by atoms with Gasteiger partial charge in [-0.25, -0.2) is 13.2 Å². The number of halogens is 6. The Morgan fingerprint density at radius 3 is 2.43 bits per heavy atom. The smallest absolute Gasteiger partial charge is 0.446 e. The third kappa shape index (κ3) is 3.26. The molecular formula is C14H12F6O2S. The minimum absolute atomic E-state index is 0.0142. The van der Waals surface area contributed by atoms with Crippen molar-refractivity contribution in [1.82, 2.24) is 0 Å². The van der Waals surface area contributed by atoms with Crippen LogP contribution >= 0.6 is 11.8 Å². The number of alkyl halides is 6. The maximum atomic E-state index is 13.8. The average Bonchev–Trinajstić information content (AvgIpc) is 2.60. The van der Waals surface area contributed by atoms with Gasteiger partial charge in [0.1, 0.15) is 24.1 Å². The second-order valence-electron chi connectivity index (χ2n) is 5.65. The molecule has 3 rings (SSSR count). The quantitative estimate of drug-likeness (QED) is 0.641. The third-order valence-corrected chi connectivity index (χ3v) is 4.72. The molecule has 2 aliphatic carbocycles. The summed E-state index contributed by atoms with van der Waals surface area (Å²) >= 11 is -0.551. The van der Waals surface area contributed by atoms with Gasteiger partial charge in [-0.3, -0.25) is 0 Å². The normalized spacial score (nSPS) is 29.1. The van der Waals surface area contributed by atoms with Crippen molar-refractivity contribution >= 4 is 11.8 Å². The zero-order chi connectivity index (χ0) is 17.0. The molecule has 2 aliphatic rings. The van der Waals surface area contributed by atoms with Crippen molar-refractivity contribution in [1.29, 1.82) is 0 Å². The van der Waals surface area contributed by atoms with E-state index in [2.05, 4.69) is 0 Å². The van der Waals surface area contributed by atoms with E-state index in [9.17, 15) is 31.4 Å². The van der Waals surface area contributed by atoms with E-state index in [0.717, 1.165) is 6.07 Å². The number of fused-ring (bicyclic) bond motifs is 1. The summed E-state index contributed by atoms with van der Waals surface area (Å²) in [4.78, 5) is -0.471. The van der Waals surface area contributed by atoms with Gasteiger partial charge in [0.05, 0.1) is 0 Å². The molecule has 1 aromatic rings. The van der Waals surface area contributed by atoms with Crippen LogP contribution in [0.25, 0.3) is 0 Å². The SMILES string of the molecule is O[C@H]1c2c(SC(F)(F)F)ccc(OC3CC(F)C3)c2CC1(F)F. The van der Waals surface area contributed by atoms with Crippen molar-refractivity contribution in [3.8, 4) is 5.75 Å². The van der Waals surface area contributed by atoms with E-state index in [0.29, 0.717) is 0 Å². The zero-order valence-electron chi connectivity index (χ0n) is 11.5. The van der Waals surface area contributed by atoms with Crippen LogP contribution in [0.1, 0.15) is 30.1 Å². The number of hydrogen-bond donors (Lipinski definition) is 1. The number of hydrogen-bond acceptors (Lipinski definition) is 3. The highest BCUT2D eigenvalue weighted by Gasteiger charge is 2.50. The summed E-state index contributed by atoms with van der Waals surface area (Å²) in [7, 11) is 0. The highest BCUT2D eigenvalue weighted by atomic mass is 32.2. The van der Waals surface area contributed by atoms with E-state index in [1.807, 2.05) is 0 Å². The highest BCUT2D eigenvalue weighted by Crippen LogP contribution is 2.52. The topological polar surface area (TPSA) is 29.5 Å². The zero-order valence-corrected chi connectivity index (χ0v) is 12.4. The molecule has 0 bridgehead atoms. The maximum absolute atomic E-state index is 13.8. The second-order valence-corrected chi connectivity index (χ2v) is 6.76. The molecule has 1 saturated carbocycles. The Kier molecular flexibility index (Phi) is 3.99. The lowest BCUT2D eigenvalue weighted by Gasteiger charge is -2.31. The van der Waals surface area contributed by atoms with E-state index in [1.165, 1.54) is 6.07 Å². The average molecular weight is 358 g/mol. The van der Waals surface area contributed by atoms with Gasteiger partial charge in [0.2, 0.25) is 0 Å². The predicted octanol–water partition coefficient (Wildman–Crippen LogP) is 4.40. The molecule has 1 fully saturated rings. The molecule has 1 atom stereocenters. The number of ether oxygens (including phenoxy) is 1. The molecule has 2 nitrogen and oxygen atoms in total. The van der Waals surface area contributed by atoms with Gasteiger partial charge in [0.25, 0.3) is 5.92 Å². The molecule has 0 aliphatic heterocycles. The second kappa shape index (κ2) is 5.47. The monoisotopic (exact) mass is 358 g/mol. The molecule has 0 unspecified atom stereocenters. The Bertz CT molecular complexity index is 612. The first-order valence-electron chi connectivity index (χ1n) is 6.85. The largest absolute Gasteiger partial charge is 0.490 e.